The first-order valence-electron chi connectivity index (χ1n) is 5.67. The minimum Gasteiger partial charge on any atom is -0.381 e. The highest BCUT2D eigenvalue weighted by Crippen LogP contribution is 2.26. The lowest BCUT2D eigenvalue weighted by molar-refractivity contribution is 0.252. The van der Waals surface area contributed by atoms with Crippen LogP contribution in [0.4, 0.5) is 14.5 Å². The summed E-state index contributed by atoms with van der Waals surface area (Å²) in [6.07, 6.45) is 0. The SMILES string of the molecule is FC(F)Sc1ccc(NCc2cccc(Br)c2)cc1. The molecule has 0 amide bonds. The van der Waals surface area contributed by atoms with E-state index >= 15 is 0 Å². The first kappa shape index (κ1) is 14.3. The summed E-state index contributed by atoms with van der Waals surface area (Å²) in [5.41, 5.74) is 2.07. The largest absolute Gasteiger partial charge is 0.381 e. The number of benzene rings is 2. The van der Waals surface area contributed by atoms with Crippen molar-refractivity contribution in [2.24, 2.45) is 0 Å². The zero-order chi connectivity index (χ0) is 13.7. The number of halogens is 3. The van der Waals surface area contributed by atoms with Gasteiger partial charge in [-0.05, 0) is 42.0 Å². The predicted octanol–water partition coefficient (Wildman–Crippen LogP) is 5.38. The number of thioether (sulfide) groups is 1. The van der Waals surface area contributed by atoms with E-state index in [-0.39, 0.29) is 0 Å². The summed E-state index contributed by atoms with van der Waals surface area (Å²) in [6, 6.07) is 15.0. The molecule has 0 saturated carbocycles. The predicted molar refractivity (Wildman–Crippen MR) is 79.8 cm³/mol. The third-order valence-corrected chi connectivity index (χ3v) is 3.68. The minimum absolute atomic E-state index is 0.556. The van der Waals surface area contributed by atoms with E-state index in [1.807, 2.05) is 36.4 Å². The molecule has 0 atom stereocenters. The second kappa shape index (κ2) is 6.91. The highest BCUT2D eigenvalue weighted by atomic mass is 79.9. The quantitative estimate of drug-likeness (QED) is 0.731. The lowest BCUT2D eigenvalue weighted by Crippen LogP contribution is -1.98. The van der Waals surface area contributed by atoms with Crippen LogP contribution in [0.2, 0.25) is 0 Å². The maximum Gasteiger partial charge on any atom is 0.288 e. The Balaban J connectivity index is 1.93. The molecule has 2 aromatic rings. The summed E-state index contributed by atoms with van der Waals surface area (Å²) in [7, 11) is 0. The summed E-state index contributed by atoms with van der Waals surface area (Å²) >= 11 is 3.98. The lowest BCUT2D eigenvalue weighted by Gasteiger charge is -2.08. The molecule has 1 N–H and O–H groups in total. The van der Waals surface area contributed by atoms with E-state index in [1.165, 1.54) is 0 Å². The Hall–Kier alpha value is -1.07. The van der Waals surface area contributed by atoms with Crippen molar-refractivity contribution in [3.05, 3.63) is 58.6 Å². The first-order chi connectivity index (χ1) is 9.13. The molecule has 0 aliphatic heterocycles. The van der Waals surface area contributed by atoms with Crippen LogP contribution in [0.25, 0.3) is 0 Å². The van der Waals surface area contributed by atoms with Gasteiger partial charge in [0.05, 0.1) is 0 Å². The van der Waals surface area contributed by atoms with E-state index in [0.29, 0.717) is 23.2 Å². The standard InChI is InChI=1S/C14H12BrF2NS/c15-11-3-1-2-10(8-11)9-18-12-4-6-13(7-5-12)19-14(16)17/h1-8,14,18H,9H2. The van der Waals surface area contributed by atoms with Crippen LogP contribution in [0.3, 0.4) is 0 Å². The molecule has 19 heavy (non-hydrogen) atoms. The van der Waals surface area contributed by atoms with Crippen molar-refractivity contribution < 1.29 is 8.78 Å². The third-order valence-electron chi connectivity index (χ3n) is 2.47. The molecule has 2 aromatic carbocycles. The Bertz CT molecular complexity index is 531. The van der Waals surface area contributed by atoms with Gasteiger partial charge in [-0.2, -0.15) is 8.78 Å². The second-order valence-corrected chi connectivity index (χ2v) is 5.87. The molecular weight excluding hydrogens is 332 g/mol. The van der Waals surface area contributed by atoms with Gasteiger partial charge in [-0.1, -0.05) is 39.8 Å². The van der Waals surface area contributed by atoms with Gasteiger partial charge < -0.3 is 5.32 Å². The third kappa shape index (κ3) is 4.84. The number of nitrogens with one attached hydrogen (secondary N) is 1. The van der Waals surface area contributed by atoms with Crippen LogP contribution >= 0.6 is 27.7 Å². The number of hydrogen-bond acceptors (Lipinski definition) is 2. The Morgan fingerprint density at radius 1 is 1.11 bits per heavy atom. The minimum atomic E-state index is -2.37. The van der Waals surface area contributed by atoms with Crippen molar-refractivity contribution >= 4 is 33.4 Å². The molecule has 0 aliphatic carbocycles. The molecule has 0 spiro atoms. The van der Waals surface area contributed by atoms with Gasteiger partial charge in [-0.25, -0.2) is 0 Å². The Kier molecular flexibility index (Phi) is 5.22. The average Bonchev–Trinajstić information content (AvgIpc) is 2.37. The number of alkyl halides is 2. The smallest absolute Gasteiger partial charge is 0.288 e. The van der Waals surface area contributed by atoms with E-state index in [9.17, 15) is 8.78 Å². The molecule has 0 radical (unpaired) electrons. The van der Waals surface area contributed by atoms with Gasteiger partial charge in [0.1, 0.15) is 0 Å². The van der Waals surface area contributed by atoms with Crippen molar-refractivity contribution in [2.75, 3.05) is 5.32 Å². The summed E-state index contributed by atoms with van der Waals surface area (Å²) in [6.45, 7) is 0.695. The molecule has 0 fully saturated rings. The highest BCUT2D eigenvalue weighted by molar-refractivity contribution is 9.10. The van der Waals surface area contributed by atoms with Crippen molar-refractivity contribution in [1.82, 2.24) is 0 Å². The van der Waals surface area contributed by atoms with Crippen molar-refractivity contribution in [3.8, 4) is 0 Å². The van der Waals surface area contributed by atoms with Crippen molar-refractivity contribution in [3.63, 3.8) is 0 Å². The Labute approximate surface area is 123 Å². The van der Waals surface area contributed by atoms with Crippen LogP contribution in [0, 0.1) is 0 Å². The summed E-state index contributed by atoms with van der Waals surface area (Å²) < 4.78 is 25.4. The molecule has 0 unspecified atom stereocenters. The van der Waals surface area contributed by atoms with Gasteiger partial charge in [0.25, 0.3) is 5.76 Å². The van der Waals surface area contributed by atoms with Crippen LogP contribution in [-0.4, -0.2) is 5.76 Å². The van der Waals surface area contributed by atoms with E-state index < -0.39 is 5.76 Å². The van der Waals surface area contributed by atoms with Crippen molar-refractivity contribution in [1.29, 1.82) is 0 Å². The molecule has 0 bridgehead atoms. The molecule has 2 rings (SSSR count). The van der Waals surface area contributed by atoms with E-state index in [2.05, 4.69) is 21.2 Å². The van der Waals surface area contributed by atoms with Gasteiger partial charge in [0, 0.05) is 21.6 Å². The number of hydrogen-bond donors (Lipinski definition) is 1. The maximum atomic E-state index is 12.2. The molecule has 1 nitrogen and oxygen atoms in total. The first-order valence-corrected chi connectivity index (χ1v) is 7.34. The number of rotatable bonds is 5. The zero-order valence-electron chi connectivity index (χ0n) is 9.95. The Morgan fingerprint density at radius 3 is 2.47 bits per heavy atom. The van der Waals surface area contributed by atoms with Gasteiger partial charge in [-0.15, -0.1) is 0 Å². The molecule has 0 aromatic heterocycles. The molecule has 5 heteroatoms. The summed E-state index contributed by atoms with van der Waals surface area (Å²) in [4.78, 5) is 0.572. The topological polar surface area (TPSA) is 12.0 Å². The molecule has 0 aliphatic rings. The Morgan fingerprint density at radius 2 is 1.84 bits per heavy atom. The van der Waals surface area contributed by atoms with Crippen LogP contribution in [-0.2, 0) is 6.54 Å². The van der Waals surface area contributed by atoms with E-state index in [1.54, 1.807) is 12.1 Å². The van der Waals surface area contributed by atoms with Crippen molar-refractivity contribution in [2.45, 2.75) is 17.2 Å². The molecular formula is C14H12BrF2NS. The maximum absolute atomic E-state index is 12.2. The average molecular weight is 344 g/mol. The van der Waals surface area contributed by atoms with Gasteiger partial charge in [0.15, 0.2) is 0 Å². The summed E-state index contributed by atoms with van der Waals surface area (Å²) in [5, 5.41) is 3.25. The zero-order valence-corrected chi connectivity index (χ0v) is 12.3. The van der Waals surface area contributed by atoms with Gasteiger partial charge in [0.2, 0.25) is 0 Å². The fraction of sp³-hybridized carbons (Fsp3) is 0.143. The molecule has 0 saturated heterocycles. The normalized spacial score (nSPS) is 10.7. The second-order valence-electron chi connectivity index (χ2n) is 3.89. The monoisotopic (exact) mass is 343 g/mol. The van der Waals surface area contributed by atoms with Gasteiger partial charge >= 0.3 is 0 Å². The summed E-state index contributed by atoms with van der Waals surface area (Å²) in [5.74, 6) is -2.37. The van der Waals surface area contributed by atoms with Gasteiger partial charge in [-0.3, -0.25) is 0 Å². The van der Waals surface area contributed by atoms with E-state index in [0.717, 1.165) is 15.7 Å². The highest BCUT2D eigenvalue weighted by Gasteiger charge is 2.04. The van der Waals surface area contributed by atoms with Crippen LogP contribution in [0.1, 0.15) is 5.56 Å². The lowest BCUT2D eigenvalue weighted by atomic mass is 10.2. The van der Waals surface area contributed by atoms with Crippen LogP contribution in [0.5, 0.6) is 0 Å². The fourth-order valence-corrected chi connectivity index (χ4v) is 2.55. The molecule has 0 heterocycles. The number of anilines is 1. The molecule has 100 valence electrons. The fourth-order valence-electron chi connectivity index (χ4n) is 1.61. The van der Waals surface area contributed by atoms with Crippen LogP contribution < -0.4 is 5.32 Å². The van der Waals surface area contributed by atoms with E-state index in [4.69, 9.17) is 0 Å². The van der Waals surface area contributed by atoms with Crippen LogP contribution in [0.15, 0.2) is 57.9 Å².